The molecule has 112 valence electrons. The number of aliphatic hydroxyl groups is 1. The van der Waals surface area contributed by atoms with Gasteiger partial charge in [-0.2, -0.15) is 0 Å². The van der Waals surface area contributed by atoms with Gasteiger partial charge >= 0.3 is 0 Å². The number of hydrogen-bond donors (Lipinski definition) is 4. The smallest absolute Gasteiger partial charge is 0.129 e. The van der Waals surface area contributed by atoms with Gasteiger partial charge in [0, 0.05) is 23.3 Å². The zero-order valence-electron chi connectivity index (χ0n) is 11.5. The highest BCUT2D eigenvalue weighted by molar-refractivity contribution is 5.50. The molecular weight excluding hydrogens is 272 g/mol. The molecule has 21 heavy (non-hydrogen) atoms. The highest BCUT2D eigenvalue weighted by atomic mass is 16.5. The lowest BCUT2D eigenvalue weighted by molar-refractivity contribution is 0.275. The fourth-order valence-electron chi connectivity index (χ4n) is 2.07. The molecule has 0 bridgehead atoms. The molecule has 0 spiro atoms. The van der Waals surface area contributed by atoms with Crippen molar-refractivity contribution in [3.8, 4) is 23.0 Å². The van der Waals surface area contributed by atoms with Crippen LogP contribution >= 0.6 is 0 Å². The summed E-state index contributed by atoms with van der Waals surface area (Å²) in [6, 6.07) is 9.59. The van der Waals surface area contributed by atoms with Crippen molar-refractivity contribution in [1.82, 2.24) is 0 Å². The van der Waals surface area contributed by atoms with Gasteiger partial charge in [0.2, 0.25) is 0 Å². The van der Waals surface area contributed by atoms with E-state index in [1.165, 1.54) is 12.1 Å². The lowest BCUT2D eigenvalue weighted by Gasteiger charge is -2.17. The minimum absolute atomic E-state index is 0.0492. The minimum Gasteiger partial charge on any atom is -0.508 e. The van der Waals surface area contributed by atoms with E-state index in [0.717, 1.165) is 18.4 Å². The van der Waals surface area contributed by atoms with E-state index in [-0.39, 0.29) is 23.9 Å². The van der Waals surface area contributed by atoms with E-state index in [1.54, 1.807) is 24.3 Å². The highest BCUT2D eigenvalue weighted by Gasteiger charge is 2.15. The maximum Gasteiger partial charge on any atom is 0.129 e. The average Bonchev–Trinajstić information content (AvgIpc) is 2.48. The molecule has 1 aliphatic heterocycles. The Morgan fingerprint density at radius 3 is 2.43 bits per heavy atom. The van der Waals surface area contributed by atoms with Crippen molar-refractivity contribution in [3.63, 3.8) is 0 Å². The van der Waals surface area contributed by atoms with Gasteiger partial charge < -0.3 is 25.2 Å². The van der Waals surface area contributed by atoms with Crippen molar-refractivity contribution in [3.05, 3.63) is 47.5 Å². The van der Waals surface area contributed by atoms with Gasteiger partial charge in [0.15, 0.2) is 0 Å². The van der Waals surface area contributed by atoms with Gasteiger partial charge in [-0.15, -0.1) is 0 Å². The fraction of sp³-hybridized carbons (Fsp3) is 0.250. The number of benzene rings is 2. The van der Waals surface area contributed by atoms with Crippen molar-refractivity contribution in [2.45, 2.75) is 19.4 Å². The largest absolute Gasteiger partial charge is 0.508 e. The van der Waals surface area contributed by atoms with Crippen molar-refractivity contribution in [2.24, 2.45) is 0 Å². The summed E-state index contributed by atoms with van der Waals surface area (Å²) in [5.41, 5.74) is 1.37. The number of para-hydroxylation sites is 1. The lowest BCUT2D eigenvalue weighted by Crippen LogP contribution is -2.07. The van der Waals surface area contributed by atoms with Crippen molar-refractivity contribution >= 4 is 0 Å². The minimum atomic E-state index is -0.104. The van der Waals surface area contributed by atoms with Crippen molar-refractivity contribution in [1.29, 1.82) is 0 Å². The normalized spacial score (nSPS) is 12.6. The summed E-state index contributed by atoms with van der Waals surface area (Å²) in [4.78, 5) is 0. The number of ether oxygens (including phenoxy) is 1. The van der Waals surface area contributed by atoms with E-state index in [9.17, 15) is 5.11 Å². The standard InChI is InChI=1S/C9H10O3.C7H8O2/c10-6-4-8(11)7-2-1-3-12-9(7)5-6;8-5-6-3-1-2-4-7(6)9/h4-5,10-11H,1-3H2;1-4,8-9H,5H2. The summed E-state index contributed by atoms with van der Waals surface area (Å²) in [5, 5.41) is 36.0. The zero-order valence-corrected chi connectivity index (χ0v) is 11.5. The second kappa shape index (κ2) is 6.85. The van der Waals surface area contributed by atoms with Crippen LogP contribution in [0.3, 0.4) is 0 Å². The molecule has 1 aliphatic rings. The molecule has 2 aromatic carbocycles. The molecule has 1 heterocycles. The number of rotatable bonds is 1. The maximum absolute atomic E-state index is 9.40. The van der Waals surface area contributed by atoms with Gasteiger partial charge in [-0.25, -0.2) is 0 Å². The molecule has 5 heteroatoms. The quantitative estimate of drug-likeness (QED) is 0.647. The maximum atomic E-state index is 9.40. The first-order chi connectivity index (χ1) is 10.1. The molecule has 0 aliphatic carbocycles. The molecule has 5 nitrogen and oxygen atoms in total. The summed E-state index contributed by atoms with van der Waals surface area (Å²) < 4.78 is 5.27. The fourth-order valence-corrected chi connectivity index (χ4v) is 2.07. The number of hydrogen-bond acceptors (Lipinski definition) is 5. The number of phenolic OH excluding ortho intramolecular Hbond substituents is 2. The number of aromatic hydroxyl groups is 3. The summed E-state index contributed by atoms with van der Waals surface area (Å²) in [6.07, 6.45) is 1.74. The molecule has 0 amide bonds. The van der Waals surface area contributed by atoms with Gasteiger partial charge in [0.1, 0.15) is 23.0 Å². The van der Waals surface area contributed by atoms with Crippen LogP contribution in [-0.2, 0) is 13.0 Å². The SMILES string of the molecule is OCc1ccccc1O.Oc1cc(O)c2c(c1)OCCC2. The van der Waals surface area contributed by atoms with Crippen LogP contribution in [-0.4, -0.2) is 27.0 Å². The molecule has 3 rings (SSSR count). The van der Waals surface area contributed by atoms with Gasteiger partial charge in [0.25, 0.3) is 0 Å². The van der Waals surface area contributed by atoms with Crippen LogP contribution in [0.25, 0.3) is 0 Å². The van der Waals surface area contributed by atoms with Crippen LogP contribution in [0.1, 0.15) is 17.5 Å². The molecule has 0 atom stereocenters. The molecule has 0 aromatic heterocycles. The van der Waals surface area contributed by atoms with E-state index >= 15 is 0 Å². The Morgan fingerprint density at radius 1 is 1.00 bits per heavy atom. The molecule has 0 radical (unpaired) electrons. The van der Waals surface area contributed by atoms with E-state index < -0.39 is 0 Å². The molecule has 0 unspecified atom stereocenters. The first kappa shape index (κ1) is 15.0. The van der Waals surface area contributed by atoms with Crippen LogP contribution in [0, 0.1) is 0 Å². The third kappa shape index (κ3) is 3.79. The summed E-state index contributed by atoms with van der Waals surface area (Å²) in [5.74, 6) is 0.941. The Labute approximate surface area is 122 Å². The van der Waals surface area contributed by atoms with Gasteiger partial charge in [-0.3, -0.25) is 0 Å². The number of fused-ring (bicyclic) bond motifs is 1. The Bertz CT molecular complexity index is 610. The highest BCUT2D eigenvalue weighted by Crippen LogP contribution is 2.35. The number of phenols is 3. The van der Waals surface area contributed by atoms with E-state index in [2.05, 4.69) is 0 Å². The average molecular weight is 290 g/mol. The Kier molecular flexibility index (Phi) is 4.90. The Morgan fingerprint density at radius 2 is 1.76 bits per heavy atom. The van der Waals surface area contributed by atoms with Crippen molar-refractivity contribution in [2.75, 3.05) is 6.61 Å². The predicted octanol–water partition coefficient (Wildman–Crippen LogP) is 2.31. The predicted molar refractivity (Wildman–Crippen MR) is 77.6 cm³/mol. The first-order valence-corrected chi connectivity index (χ1v) is 6.67. The summed E-state index contributed by atoms with van der Waals surface area (Å²) in [7, 11) is 0. The van der Waals surface area contributed by atoms with Crippen LogP contribution in [0.15, 0.2) is 36.4 Å². The molecule has 0 fully saturated rings. The summed E-state index contributed by atoms with van der Waals surface area (Å²) in [6.45, 7) is 0.558. The second-order valence-corrected chi connectivity index (χ2v) is 4.68. The Hall–Kier alpha value is -2.40. The molecule has 0 saturated carbocycles. The molecule has 2 aromatic rings. The van der Waals surface area contributed by atoms with Crippen LogP contribution in [0.5, 0.6) is 23.0 Å². The van der Waals surface area contributed by atoms with E-state index in [4.69, 9.17) is 20.1 Å². The van der Waals surface area contributed by atoms with Gasteiger partial charge in [-0.05, 0) is 18.9 Å². The van der Waals surface area contributed by atoms with Crippen LogP contribution < -0.4 is 4.74 Å². The van der Waals surface area contributed by atoms with Gasteiger partial charge in [-0.1, -0.05) is 18.2 Å². The zero-order chi connectivity index (χ0) is 15.2. The van der Waals surface area contributed by atoms with Gasteiger partial charge in [0.05, 0.1) is 13.2 Å². The second-order valence-electron chi connectivity index (χ2n) is 4.68. The summed E-state index contributed by atoms with van der Waals surface area (Å²) >= 11 is 0. The van der Waals surface area contributed by atoms with Crippen LogP contribution in [0.4, 0.5) is 0 Å². The van der Waals surface area contributed by atoms with Crippen LogP contribution in [0.2, 0.25) is 0 Å². The molecule has 0 saturated heterocycles. The van der Waals surface area contributed by atoms with E-state index in [1.807, 2.05) is 0 Å². The first-order valence-electron chi connectivity index (χ1n) is 6.67. The molecular formula is C16H18O5. The van der Waals surface area contributed by atoms with E-state index in [0.29, 0.717) is 17.9 Å². The third-order valence-electron chi connectivity index (χ3n) is 3.16. The monoisotopic (exact) mass is 290 g/mol. The third-order valence-corrected chi connectivity index (χ3v) is 3.16. The van der Waals surface area contributed by atoms with Crippen molar-refractivity contribution < 1.29 is 25.2 Å². The topological polar surface area (TPSA) is 90.2 Å². The lowest BCUT2D eigenvalue weighted by atomic mass is 10.1. The molecule has 4 N–H and O–H groups in total. The Balaban J connectivity index is 0.000000161. The number of aliphatic hydroxyl groups excluding tert-OH is 1.